The number of benzene rings is 1. The summed E-state index contributed by atoms with van der Waals surface area (Å²) in [6, 6.07) is 3.02. The monoisotopic (exact) mass is 367 g/mol. The van der Waals surface area contributed by atoms with E-state index in [0.29, 0.717) is 27.7 Å². The van der Waals surface area contributed by atoms with Gasteiger partial charge in [-0.25, -0.2) is 4.39 Å². The van der Waals surface area contributed by atoms with Crippen molar-refractivity contribution in [3.8, 4) is 0 Å². The summed E-state index contributed by atoms with van der Waals surface area (Å²) in [5.41, 5.74) is 6.77. The van der Waals surface area contributed by atoms with Crippen LogP contribution in [-0.2, 0) is 4.74 Å². The van der Waals surface area contributed by atoms with Crippen LogP contribution in [0.1, 0.15) is 23.2 Å². The van der Waals surface area contributed by atoms with Crippen molar-refractivity contribution < 1.29 is 13.9 Å². The second kappa shape index (κ2) is 6.18. The van der Waals surface area contributed by atoms with Gasteiger partial charge in [-0.05, 0) is 34.8 Å². The smallest absolute Gasteiger partial charge is 0.252 e. The maximum atomic E-state index is 13.7. The highest BCUT2D eigenvalue weighted by Crippen LogP contribution is 2.31. The van der Waals surface area contributed by atoms with Gasteiger partial charge in [0.15, 0.2) is 0 Å². The molecule has 1 atom stereocenters. The zero-order valence-corrected chi connectivity index (χ0v) is 13.3. The number of pyridine rings is 1. The number of nitrogens with one attached hydrogen (secondary N) is 1. The highest BCUT2D eigenvalue weighted by atomic mass is 79.9. The molecule has 22 heavy (non-hydrogen) atoms. The number of fused-ring (bicyclic) bond motifs is 1. The van der Waals surface area contributed by atoms with Crippen molar-refractivity contribution in [3.63, 3.8) is 0 Å². The first-order chi connectivity index (χ1) is 10.6. The molecule has 5 nitrogen and oxygen atoms in total. The second-order valence-electron chi connectivity index (χ2n) is 5.25. The van der Waals surface area contributed by atoms with E-state index < -0.39 is 11.7 Å². The zero-order chi connectivity index (χ0) is 15.7. The normalized spacial score (nSPS) is 18.4. The fraction of sp³-hybridized carbons (Fsp3) is 0.333. The van der Waals surface area contributed by atoms with Crippen LogP contribution in [0, 0.1) is 5.82 Å². The van der Waals surface area contributed by atoms with Crippen LogP contribution in [0.3, 0.4) is 0 Å². The Morgan fingerprint density at radius 1 is 1.50 bits per heavy atom. The molecule has 0 aliphatic carbocycles. The largest absolute Gasteiger partial charge is 0.379 e. The Bertz CT molecular complexity index is 732. The van der Waals surface area contributed by atoms with Gasteiger partial charge in [0.05, 0.1) is 27.8 Å². The summed E-state index contributed by atoms with van der Waals surface area (Å²) < 4.78 is 19.4. The van der Waals surface area contributed by atoms with E-state index in [2.05, 4.69) is 26.2 Å². The molecule has 1 unspecified atom stereocenters. The molecule has 1 amide bonds. The van der Waals surface area contributed by atoms with E-state index >= 15 is 0 Å². The summed E-state index contributed by atoms with van der Waals surface area (Å²) in [7, 11) is 0. The Hall–Kier alpha value is -1.73. The molecule has 3 N–H and O–H groups in total. The number of aromatic nitrogens is 1. The van der Waals surface area contributed by atoms with Crippen LogP contribution in [0.5, 0.6) is 0 Å². The lowest BCUT2D eigenvalue weighted by Crippen LogP contribution is -2.31. The lowest BCUT2D eigenvalue weighted by Gasteiger charge is -2.25. The van der Waals surface area contributed by atoms with Gasteiger partial charge >= 0.3 is 0 Å². The average Bonchev–Trinajstić information content (AvgIpc) is 2.50. The molecule has 1 saturated heterocycles. The molecule has 2 aromatic rings. The van der Waals surface area contributed by atoms with Gasteiger partial charge in [0, 0.05) is 30.3 Å². The number of hydrogen-bond acceptors (Lipinski definition) is 4. The Labute approximate surface area is 135 Å². The number of anilines is 1. The van der Waals surface area contributed by atoms with Gasteiger partial charge in [0.1, 0.15) is 5.82 Å². The molecule has 1 fully saturated rings. The number of carbonyl (C=O) groups excluding carboxylic acids is 1. The minimum Gasteiger partial charge on any atom is -0.379 e. The third-order valence-electron chi connectivity index (χ3n) is 3.68. The molecule has 7 heteroatoms. The number of primary amides is 1. The maximum absolute atomic E-state index is 13.7. The van der Waals surface area contributed by atoms with Gasteiger partial charge < -0.3 is 15.8 Å². The standard InChI is InChI=1S/C15H15BrFN3O2/c16-11-4-9-13(5-12(11)17)19-6-10(15(18)21)14(9)20-8-2-1-3-22-7-8/h4-6,8H,1-3,7H2,(H2,18,21)(H,19,20). The van der Waals surface area contributed by atoms with E-state index in [4.69, 9.17) is 10.5 Å². The van der Waals surface area contributed by atoms with Crippen molar-refractivity contribution in [3.05, 3.63) is 34.2 Å². The number of rotatable bonds is 3. The van der Waals surface area contributed by atoms with Crippen molar-refractivity contribution in [2.75, 3.05) is 18.5 Å². The highest BCUT2D eigenvalue weighted by molar-refractivity contribution is 9.10. The van der Waals surface area contributed by atoms with Gasteiger partial charge in [-0.2, -0.15) is 0 Å². The van der Waals surface area contributed by atoms with Crippen LogP contribution in [0.2, 0.25) is 0 Å². The van der Waals surface area contributed by atoms with Crippen molar-refractivity contribution in [1.29, 1.82) is 0 Å². The van der Waals surface area contributed by atoms with Crippen LogP contribution in [-0.4, -0.2) is 30.1 Å². The molecule has 0 radical (unpaired) electrons. The van der Waals surface area contributed by atoms with Crippen LogP contribution in [0.4, 0.5) is 10.1 Å². The Morgan fingerprint density at radius 3 is 3.00 bits per heavy atom. The SMILES string of the molecule is NC(=O)c1cnc2cc(F)c(Br)cc2c1NC1CCCOC1. The van der Waals surface area contributed by atoms with Crippen LogP contribution < -0.4 is 11.1 Å². The third-order valence-corrected chi connectivity index (χ3v) is 4.29. The number of hydrogen-bond donors (Lipinski definition) is 2. The van der Waals surface area contributed by atoms with Crippen LogP contribution in [0.25, 0.3) is 10.9 Å². The van der Waals surface area contributed by atoms with E-state index in [1.54, 1.807) is 6.07 Å². The number of carbonyl (C=O) groups is 1. The Kier molecular flexibility index (Phi) is 4.26. The summed E-state index contributed by atoms with van der Waals surface area (Å²) in [6.07, 6.45) is 3.26. The summed E-state index contributed by atoms with van der Waals surface area (Å²) in [5.74, 6) is -0.979. The molecule has 3 rings (SSSR count). The third kappa shape index (κ3) is 2.91. The molecule has 2 heterocycles. The minimum absolute atomic E-state index is 0.0845. The van der Waals surface area contributed by atoms with Gasteiger partial charge in [-0.1, -0.05) is 0 Å². The summed E-state index contributed by atoms with van der Waals surface area (Å²) in [5, 5.41) is 3.96. The highest BCUT2D eigenvalue weighted by Gasteiger charge is 2.20. The maximum Gasteiger partial charge on any atom is 0.252 e. The first-order valence-corrected chi connectivity index (χ1v) is 7.77. The minimum atomic E-state index is -0.575. The first-order valence-electron chi connectivity index (χ1n) is 6.98. The first kappa shape index (κ1) is 15.2. The van der Waals surface area contributed by atoms with Gasteiger partial charge in [0.2, 0.25) is 0 Å². The summed E-state index contributed by atoms with van der Waals surface area (Å²) in [6.45, 7) is 1.30. The topological polar surface area (TPSA) is 77.2 Å². The molecular weight excluding hydrogens is 353 g/mol. The molecule has 1 aromatic carbocycles. The molecule has 0 bridgehead atoms. The lowest BCUT2D eigenvalue weighted by atomic mass is 10.1. The second-order valence-corrected chi connectivity index (χ2v) is 6.11. The molecule has 1 aliphatic heterocycles. The van der Waals surface area contributed by atoms with E-state index in [-0.39, 0.29) is 11.6 Å². The molecular formula is C15H15BrFN3O2. The van der Waals surface area contributed by atoms with E-state index in [1.165, 1.54) is 12.3 Å². The fourth-order valence-corrected chi connectivity index (χ4v) is 2.93. The Morgan fingerprint density at radius 2 is 2.32 bits per heavy atom. The zero-order valence-electron chi connectivity index (χ0n) is 11.7. The number of nitrogens with zero attached hydrogens (tertiary/aromatic N) is 1. The van der Waals surface area contributed by atoms with Crippen LogP contribution in [0.15, 0.2) is 22.8 Å². The molecule has 1 aromatic heterocycles. The van der Waals surface area contributed by atoms with E-state index in [1.807, 2.05) is 0 Å². The van der Waals surface area contributed by atoms with Gasteiger partial charge in [-0.15, -0.1) is 0 Å². The van der Waals surface area contributed by atoms with Crippen molar-refractivity contribution in [1.82, 2.24) is 4.98 Å². The lowest BCUT2D eigenvalue weighted by molar-refractivity contribution is 0.0875. The van der Waals surface area contributed by atoms with E-state index in [0.717, 1.165) is 19.4 Å². The number of ether oxygens (including phenoxy) is 1. The number of halogens is 2. The van der Waals surface area contributed by atoms with Crippen molar-refractivity contribution >= 4 is 38.4 Å². The summed E-state index contributed by atoms with van der Waals surface area (Å²) in [4.78, 5) is 15.8. The fourth-order valence-electron chi connectivity index (χ4n) is 2.59. The van der Waals surface area contributed by atoms with Crippen molar-refractivity contribution in [2.24, 2.45) is 5.73 Å². The van der Waals surface area contributed by atoms with Crippen LogP contribution >= 0.6 is 15.9 Å². The van der Waals surface area contributed by atoms with Crippen molar-refractivity contribution in [2.45, 2.75) is 18.9 Å². The molecule has 0 saturated carbocycles. The molecule has 116 valence electrons. The summed E-state index contributed by atoms with van der Waals surface area (Å²) >= 11 is 3.17. The van der Waals surface area contributed by atoms with Gasteiger partial charge in [0.25, 0.3) is 5.91 Å². The average molecular weight is 368 g/mol. The molecule has 1 aliphatic rings. The number of nitrogens with two attached hydrogens (primary N) is 1. The predicted molar refractivity (Wildman–Crippen MR) is 85.4 cm³/mol. The van der Waals surface area contributed by atoms with E-state index in [9.17, 15) is 9.18 Å². The molecule has 0 spiro atoms. The quantitative estimate of drug-likeness (QED) is 0.874. The number of amides is 1. The predicted octanol–water partition coefficient (Wildman–Crippen LogP) is 2.83. The van der Waals surface area contributed by atoms with Gasteiger partial charge in [-0.3, -0.25) is 9.78 Å². The Balaban J connectivity index is 2.11.